The quantitative estimate of drug-likeness (QED) is 0.152. The van der Waals surface area contributed by atoms with Gasteiger partial charge in [-0.15, -0.1) is 21.2 Å². The van der Waals surface area contributed by atoms with Gasteiger partial charge < -0.3 is 9.72 Å². The fraction of sp³-hybridized carbons (Fsp3) is 0.444. The normalized spacial score (nSPS) is 18.1. The molecule has 1 fully saturated rings. The number of pyridine rings is 1. The van der Waals surface area contributed by atoms with Gasteiger partial charge in [0.2, 0.25) is 0 Å². The van der Waals surface area contributed by atoms with E-state index in [0.29, 0.717) is 22.8 Å². The minimum atomic E-state index is -4.40. The van der Waals surface area contributed by atoms with Crippen molar-refractivity contribution in [1.29, 1.82) is 0 Å². The van der Waals surface area contributed by atoms with Crippen LogP contribution in [0.4, 0.5) is 13.2 Å². The first-order chi connectivity index (χ1) is 19.2. The molecular weight excluding hydrogens is 586 g/mol. The lowest BCUT2D eigenvalue weighted by Gasteiger charge is -2.22. The Morgan fingerprint density at radius 1 is 1.25 bits per heavy atom. The summed E-state index contributed by atoms with van der Waals surface area (Å²) in [6, 6.07) is 5.83. The van der Waals surface area contributed by atoms with Crippen LogP contribution in [0.5, 0.6) is 5.75 Å². The second kappa shape index (κ2) is 12.8. The van der Waals surface area contributed by atoms with Crippen LogP contribution in [0.3, 0.4) is 0 Å². The molecule has 214 valence electrons. The molecule has 0 bridgehead atoms. The summed E-state index contributed by atoms with van der Waals surface area (Å²) in [5.74, 6) is 0.756. The van der Waals surface area contributed by atoms with Gasteiger partial charge in [0.1, 0.15) is 18.0 Å². The third kappa shape index (κ3) is 7.78. The molecule has 5 rings (SSSR count). The standard InChI is InChI=1S/C27H28ClF3N3O4PS/c28-18-14-22-24-21(17-3-1-4-20(13-17)40-19-5-6-19)7-8-23(25(24)33-26(22)32-15-18)37-11-2-9-34(16-27(29,30)31)10-12-38-39(35)36/h1,3-4,7-8,14-15,17,19H,2,5-6,9-13,16H2,(H-,32,33,35,36)/p+1. The van der Waals surface area contributed by atoms with Crippen LogP contribution in [0.25, 0.3) is 21.9 Å². The zero-order valence-electron chi connectivity index (χ0n) is 21.5. The van der Waals surface area contributed by atoms with Crippen molar-refractivity contribution in [2.75, 3.05) is 32.8 Å². The number of hydrogen-bond acceptors (Lipinski definition) is 6. The highest BCUT2D eigenvalue weighted by molar-refractivity contribution is 8.03. The van der Waals surface area contributed by atoms with Crippen LogP contribution in [0.15, 0.2) is 47.5 Å². The van der Waals surface area contributed by atoms with Gasteiger partial charge in [0, 0.05) is 45.8 Å². The monoisotopic (exact) mass is 614 g/mol. The average molecular weight is 615 g/mol. The number of H-pyrrole nitrogens is 1. The Morgan fingerprint density at radius 2 is 2.08 bits per heavy atom. The van der Waals surface area contributed by atoms with Gasteiger partial charge in [-0.2, -0.15) is 13.2 Å². The fourth-order valence-corrected chi connectivity index (χ4v) is 6.51. The number of thioether (sulfide) groups is 1. The highest BCUT2D eigenvalue weighted by Crippen LogP contribution is 2.46. The van der Waals surface area contributed by atoms with E-state index < -0.39 is 21.0 Å². The predicted octanol–water partition coefficient (Wildman–Crippen LogP) is 7.49. The molecule has 40 heavy (non-hydrogen) atoms. The summed E-state index contributed by atoms with van der Waals surface area (Å²) in [6.07, 6.45) is 7.46. The van der Waals surface area contributed by atoms with Gasteiger partial charge in [-0.1, -0.05) is 35.9 Å². The Balaban J connectivity index is 1.33. The number of nitrogens with one attached hydrogen (secondary N) is 1. The SMILES string of the molecule is O=[P+](O)OCCN(CCCOc1ccc(C2C=CC=C(SC3CC3)C2)c2c1[nH]c1ncc(Cl)cc12)CC(F)(F)F. The van der Waals surface area contributed by atoms with Crippen molar-refractivity contribution in [2.24, 2.45) is 0 Å². The second-order valence-electron chi connectivity index (χ2n) is 9.89. The Labute approximate surface area is 239 Å². The topological polar surface area (TPSA) is 87.7 Å². The van der Waals surface area contributed by atoms with Crippen molar-refractivity contribution >= 4 is 53.6 Å². The number of nitrogens with zero attached hydrogens (tertiary/aromatic N) is 2. The molecule has 2 N–H and O–H groups in total. The van der Waals surface area contributed by atoms with E-state index >= 15 is 0 Å². The zero-order chi connectivity index (χ0) is 28.3. The number of aromatic nitrogens is 2. The van der Waals surface area contributed by atoms with Crippen LogP contribution in [-0.4, -0.2) is 64.0 Å². The summed E-state index contributed by atoms with van der Waals surface area (Å²) in [6.45, 7) is -1.29. The van der Waals surface area contributed by atoms with Gasteiger partial charge in [-0.05, 0) is 48.3 Å². The molecular formula is C27H29ClF3N3O4PS+. The Morgan fingerprint density at radius 3 is 2.83 bits per heavy atom. The zero-order valence-corrected chi connectivity index (χ0v) is 24.0. The molecule has 2 aliphatic rings. The van der Waals surface area contributed by atoms with Crippen molar-refractivity contribution in [2.45, 2.75) is 43.0 Å². The lowest BCUT2D eigenvalue weighted by Crippen LogP contribution is -2.37. The number of hydrogen-bond donors (Lipinski definition) is 2. The van der Waals surface area contributed by atoms with Gasteiger partial charge in [-0.25, -0.2) is 4.98 Å². The molecule has 0 aliphatic heterocycles. The van der Waals surface area contributed by atoms with Crippen molar-refractivity contribution in [3.05, 3.63) is 58.1 Å². The van der Waals surface area contributed by atoms with E-state index in [-0.39, 0.29) is 32.2 Å². The van der Waals surface area contributed by atoms with E-state index in [1.165, 1.54) is 17.7 Å². The molecule has 3 aromatic rings. The minimum Gasteiger partial charge on any atom is -0.491 e. The van der Waals surface area contributed by atoms with E-state index in [1.807, 2.05) is 23.9 Å². The van der Waals surface area contributed by atoms with E-state index in [0.717, 1.165) is 38.4 Å². The smallest absolute Gasteiger partial charge is 0.491 e. The molecule has 0 spiro atoms. The number of rotatable bonds is 13. The molecule has 2 unspecified atom stereocenters. The summed E-state index contributed by atoms with van der Waals surface area (Å²) in [5.41, 5.74) is 2.58. The summed E-state index contributed by atoms with van der Waals surface area (Å²) < 4.78 is 60.3. The van der Waals surface area contributed by atoms with Crippen LogP contribution in [-0.2, 0) is 9.09 Å². The first kappa shape index (κ1) is 29.4. The summed E-state index contributed by atoms with van der Waals surface area (Å²) in [5, 5.41) is 3.11. The molecule has 1 aromatic carbocycles. The molecule has 2 atom stereocenters. The lowest BCUT2D eigenvalue weighted by atomic mass is 9.89. The third-order valence-electron chi connectivity index (χ3n) is 6.74. The first-order valence-corrected chi connectivity index (χ1v) is 15.4. The van der Waals surface area contributed by atoms with Crippen LogP contribution in [0.2, 0.25) is 5.02 Å². The fourth-order valence-electron chi connectivity index (χ4n) is 4.88. The number of ether oxygens (including phenoxy) is 1. The molecule has 0 radical (unpaired) electrons. The minimum absolute atomic E-state index is 0.0802. The highest BCUT2D eigenvalue weighted by Gasteiger charge is 2.31. The summed E-state index contributed by atoms with van der Waals surface area (Å²) in [4.78, 5) is 19.1. The van der Waals surface area contributed by atoms with Crippen LogP contribution < -0.4 is 4.74 Å². The van der Waals surface area contributed by atoms with Crippen molar-refractivity contribution < 1.29 is 31.9 Å². The molecule has 13 heteroatoms. The third-order valence-corrected chi connectivity index (χ3v) is 8.76. The number of benzene rings is 1. The van der Waals surface area contributed by atoms with Crippen molar-refractivity contribution in [3.63, 3.8) is 0 Å². The molecule has 0 amide bonds. The molecule has 2 aromatic heterocycles. The molecule has 1 saturated carbocycles. The van der Waals surface area contributed by atoms with Crippen LogP contribution in [0, 0.1) is 0 Å². The number of allylic oxidation sites excluding steroid dienone is 4. The Hall–Kier alpha value is -2.14. The van der Waals surface area contributed by atoms with Gasteiger partial charge >= 0.3 is 14.4 Å². The molecule has 2 aliphatic carbocycles. The second-order valence-corrected chi connectivity index (χ2v) is 12.5. The van der Waals surface area contributed by atoms with E-state index in [1.54, 1.807) is 6.20 Å². The number of halogens is 4. The number of alkyl halides is 3. The van der Waals surface area contributed by atoms with Crippen molar-refractivity contribution in [3.8, 4) is 5.75 Å². The van der Waals surface area contributed by atoms with E-state index in [9.17, 15) is 17.7 Å². The molecule has 0 saturated heterocycles. The first-order valence-electron chi connectivity index (χ1n) is 13.0. The number of fused-ring (bicyclic) bond motifs is 3. The lowest BCUT2D eigenvalue weighted by molar-refractivity contribution is -0.146. The van der Waals surface area contributed by atoms with Gasteiger partial charge in [0.15, 0.2) is 0 Å². The van der Waals surface area contributed by atoms with Gasteiger partial charge in [0.05, 0.1) is 23.7 Å². The number of aromatic amines is 1. The summed E-state index contributed by atoms with van der Waals surface area (Å²) in [7, 11) is -2.86. The van der Waals surface area contributed by atoms with Crippen LogP contribution in [0.1, 0.15) is 37.2 Å². The van der Waals surface area contributed by atoms with E-state index in [4.69, 9.17) is 21.2 Å². The predicted molar refractivity (Wildman–Crippen MR) is 152 cm³/mol. The maximum atomic E-state index is 13.0. The largest absolute Gasteiger partial charge is 0.694 e. The van der Waals surface area contributed by atoms with Crippen LogP contribution >= 0.6 is 31.6 Å². The highest BCUT2D eigenvalue weighted by atomic mass is 35.5. The Bertz CT molecular complexity index is 1440. The van der Waals surface area contributed by atoms with Crippen molar-refractivity contribution in [1.82, 2.24) is 14.9 Å². The maximum Gasteiger partial charge on any atom is 0.694 e. The van der Waals surface area contributed by atoms with Gasteiger partial charge in [-0.3, -0.25) is 4.90 Å². The Kier molecular flexibility index (Phi) is 9.39. The summed E-state index contributed by atoms with van der Waals surface area (Å²) >= 11 is 8.28. The maximum absolute atomic E-state index is 13.0. The average Bonchev–Trinajstić information content (AvgIpc) is 3.63. The molecule has 7 nitrogen and oxygen atoms in total. The molecule has 2 heterocycles. The van der Waals surface area contributed by atoms with E-state index in [2.05, 4.69) is 38.8 Å². The van der Waals surface area contributed by atoms with Gasteiger partial charge in [0.25, 0.3) is 0 Å².